The summed E-state index contributed by atoms with van der Waals surface area (Å²) in [6.45, 7) is 2.78. The van der Waals surface area contributed by atoms with E-state index in [-0.39, 0.29) is 5.91 Å². The van der Waals surface area contributed by atoms with Gasteiger partial charge >= 0.3 is 0 Å². The van der Waals surface area contributed by atoms with Crippen LogP contribution in [0, 0.1) is 0 Å². The van der Waals surface area contributed by atoms with E-state index in [1.807, 2.05) is 48.2 Å². The largest absolute Gasteiger partial charge is 0.378 e. The third-order valence-electron chi connectivity index (χ3n) is 4.12. The second kappa shape index (κ2) is 7.05. The topological polar surface area (TPSA) is 52.6 Å². The summed E-state index contributed by atoms with van der Waals surface area (Å²) in [5.74, 6) is 0.871. The van der Waals surface area contributed by atoms with Crippen LogP contribution in [0.2, 0.25) is 5.15 Å². The lowest BCUT2D eigenvalue weighted by Gasteiger charge is -2.35. The molecule has 1 fully saturated rings. The Bertz CT molecular complexity index is 728. The van der Waals surface area contributed by atoms with Crippen molar-refractivity contribution in [2.75, 3.05) is 50.1 Å². The second-order valence-corrected chi connectivity index (χ2v) is 6.31. The number of nitrogens with zero attached hydrogens (tertiary/aromatic N) is 5. The van der Waals surface area contributed by atoms with Crippen LogP contribution in [0.1, 0.15) is 10.4 Å². The monoisotopic (exact) mass is 345 g/mol. The lowest BCUT2D eigenvalue weighted by atomic mass is 10.1. The molecule has 1 amide bonds. The van der Waals surface area contributed by atoms with Crippen LogP contribution in [0.5, 0.6) is 0 Å². The van der Waals surface area contributed by atoms with Gasteiger partial charge in [-0.1, -0.05) is 17.7 Å². The Kier molecular flexibility index (Phi) is 4.85. The maximum absolute atomic E-state index is 12.7. The molecule has 0 aliphatic carbocycles. The molecule has 6 nitrogen and oxygen atoms in total. The lowest BCUT2D eigenvalue weighted by molar-refractivity contribution is 0.0746. The summed E-state index contributed by atoms with van der Waals surface area (Å²) >= 11 is 5.92. The van der Waals surface area contributed by atoms with Crippen molar-refractivity contribution in [1.82, 2.24) is 14.9 Å². The molecule has 2 heterocycles. The first-order chi connectivity index (χ1) is 11.5. The minimum Gasteiger partial charge on any atom is -0.378 e. The Morgan fingerprint density at radius 2 is 1.88 bits per heavy atom. The summed E-state index contributed by atoms with van der Waals surface area (Å²) in [7, 11) is 3.93. The summed E-state index contributed by atoms with van der Waals surface area (Å²) in [4.78, 5) is 26.9. The number of halogens is 1. The molecule has 1 aromatic heterocycles. The molecule has 0 atom stereocenters. The molecule has 3 rings (SSSR count). The number of anilines is 2. The van der Waals surface area contributed by atoms with Crippen molar-refractivity contribution in [3.05, 3.63) is 47.4 Å². The van der Waals surface area contributed by atoms with E-state index < -0.39 is 0 Å². The minimum atomic E-state index is 0.0686. The Hall–Kier alpha value is -2.34. The fraction of sp³-hybridized carbons (Fsp3) is 0.353. The number of amides is 1. The van der Waals surface area contributed by atoms with Gasteiger partial charge in [0.25, 0.3) is 5.91 Å². The molecule has 0 saturated carbocycles. The van der Waals surface area contributed by atoms with Gasteiger partial charge in [0, 0.05) is 57.6 Å². The van der Waals surface area contributed by atoms with Crippen molar-refractivity contribution in [2.45, 2.75) is 0 Å². The van der Waals surface area contributed by atoms with Gasteiger partial charge < -0.3 is 14.7 Å². The van der Waals surface area contributed by atoms with Crippen molar-refractivity contribution in [3.8, 4) is 0 Å². The fourth-order valence-corrected chi connectivity index (χ4v) is 2.88. The third-order valence-corrected chi connectivity index (χ3v) is 4.33. The van der Waals surface area contributed by atoms with Crippen LogP contribution >= 0.6 is 11.6 Å². The highest BCUT2D eigenvalue weighted by Gasteiger charge is 2.23. The minimum absolute atomic E-state index is 0.0686. The molecule has 0 bridgehead atoms. The summed E-state index contributed by atoms with van der Waals surface area (Å²) in [5, 5.41) is 0.430. The van der Waals surface area contributed by atoms with E-state index in [4.69, 9.17) is 11.6 Å². The van der Waals surface area contributed by atoms with Crippen molar-refractivity contribution in [3.63, 3.8) is 0 Å². The van der Waals surface area contributed by atoms with Gasteiger partial charge in [-0.3, -0.25) is 4.79 Å². The van der Waals surface area contributed by atoms with Crippen molar-refractivity contribution < 1.29 is 4.79 Å². The molecule has 0 N–H and O–H groups in total. The Labute approximate surface area is 146 Å². The van der Waals surface area contributed by atoms with Gasteiger partial charge in [-0.15, -0.1) is 0 Å². The van der Waals surface area contributed by atoms with Gasteiger partial charge in [-0.05, 0) is 18.2 Å². The molecule has 2 aromatic rings. The molecular weight excluding hydrogens is 326 g/mol. The molecule has 7 heteroatoms. The van der Waals surface area contributed by atoms with E-state index in [9.17, 15) is 4.79 Å². The first kappa shape index (κ1) is 16.5. The Balaban J connectivity index is 1.66. The normalized spacial score (nSPS) is 14.6. The molecule has 0 radical (unpaired) electrons. The van der Waals surface area contributed by atoms with Crippen LogP contribution in [-0.2, 0) is 0 Å². The van der Waals surface area contributed by atoms with Crippen LogP contribution in [0.3, 0.4) is 0 Å². The van der Waals surface area contributed by atoms with Crippen LogP contribution in [0.25, 0.3) is 0 Å². The summed E-state index contributed by atoms with van der Waals surface area (Å²) in [6, 6.07) is 9.46. The smallest absolute Gasteiger partial charge is 0.254 e. The molecule has 1 aliphatic rings. The van der Waals surface area contributed by atoms with Crippen LogP contribution < -0.4 is 9.80 Å². The van der Waals surface area contributed by atoms with E-state index in [0.29, 0.717) is 18.2 Å². The zero-order valence-corrected chi connectivity index (χ0v) is 14.6. The number of carbonyl (C=O) groups excluding carboxylic acids is 1. The maximum atomic E-state index is 12.7. The summed E-state index contributed by atoms with van der Waals surface area (Å²) < 4.78 is 0. The summed E-state index contributed by atoms with van der Waals surface area (Å²) in [6.07, 6.45) is 1.46. The van der Waals surface area contributed by atoms with Gasteiger partial charge in [0.15, 0.2) is 0 Å². The van der Waals surface area contributed by atoms with Gasteiger partial charge in [0.2, 0.25) is 0 Å². The van der Waals surface area contributed by atoms with E-state index in [1.54, 1.807) is 6.07 Å². The van der Waals surface area contributed by atoms with Gasteiger partial charge in [-0.2, -0.15) is 0 Å². The molecule has 0 unspecified atom stereocenters. The number of carbonyl (C=O) groups is 1. The van der Waals surface area contributed by atoms with E-state index in [2.05, 4.69) is 14.9 Å². The SMILES string of the molecule is CN(C)c1cccc(C(=O)N2CCN(c3cc(Cl)ncn3)CC2)c1. The van der Waals surface area contributed by atoms with Gasteiger partial charge in [0.05, 0.1) is 0 Å². The van der Waals surface area contributed by atoms with Crippen molar-refractivity contribution in [2.24, 2.45) is 0 Å². The quantitative estimate of drug-likeness (QED) is 0.798. The van der Waals surface area contributed by atoms with E-state index >= 15 is 0 Å². The standard InChI is InChI=1S/C17H20ClN5O/c1-21(2)14-5-3-4-13(10-14)17(24)23-8-6-22(7-9-23)16-11-15(18)19-12-20-16/h3-5,10-12H,6-9H2,1-2H3. The zero-order chi connectivity index (χ0) is 17.1. The Morgan fingerprint density at radius 1 is 1.12 bits per heavy atom. The highest BCUT2D eigenvalue weighted by molar-refractivity contribution is 6.29. The highest BCUT2D eigenvalue weighted by Crippen LogP contribution is 2.19. The number of hydrogen-bond donors (Lipinski definition) is 0. The van der Waals surface area contributed by atoms with Crippen LogP contribution in [0.4, 0.5) is 11.5 Å². The first-order valence-electron chi connectivity index (χ1n) is 7.84. The number of rotatable bonds is 3. The van der Waals surface area contributed by atoms with Crippen molar-refractivity contribution in [1.29, 1.82) is 0 Å². The highest BCUT2D eigenvalue weighted by atomic mass is 35.5. The predicted octanol–water partition coefficient (Wildman–Crippen LogP) is 2.16. The number of hydrogen-bond acceptors (Lipinski definition) is 5. The molecule has 1 aliphatic heterocycles. The molecule has 1 saturated heterocycles. The average molecular weight is 346 g/mol. The predicted molar refractivity (Wildman–Crippen MR) is 95.9 cm³/mol. The Morgan fingerprint density at radius 3 is 2.54 bits per heavy atom. The van der Waals surface area contributed by atoms with Crippen LogP contribution in [-0.4, -0.2) is 61.0 Å². The van der Waals surface area contributed by atoms with Crippen LogP contribution in [0.15, 0.2) is 36.7 Å². The van der Waals surface area contributed by atoms with E-state index in [1.165, 1.54) is 6.33 Å². The molecule has 1 aromatic carbocycles. The molecular formula is C17H20ClN5O. The number of piperazine rings is 1. The number of aromatic nitrogens is 2. The average Bonchev–Trinajstić information content (AvgIpc) is 2.61. The van der Waals surface area contributed by atoms with Gasteiger partial charge in [0.1, 0.15) is 17.3 Å². The zero-order valence-electron chi connectivity index (χ0n) is 13.8. The summed E-state index contributed by atoms with van der Waals surface area (Å²) in [5.41, 5.74) is 1.75. The maximum Gasteiger partial charge on any atom is 0.254 e. The first-order valence-corrected chi connectivity index (χ1v) is 8.21. The molecule has 24 heavy (non-hydrogen) atoms. The lowest BCUT2D eigenvalue weighted by Crippen LogP contribution is -2.49. The van der Waals surface area contributed by atoms with Crippen molar-refractivity contribution >= 4 is 29.0 Å². The fourth-order valence-electron chi connectivity index (χ4n) is 2.74. The third kappa shape index (κ3) is 3.59. The van der Waals surface area contributed by atoms with E-state index in [0.717, 1.165) is 30.2 Å². The number of benzene rings is 1. The molecule has 126 valence electrons. The van der Waals surface area contributed by atoms with Gasteiger partial charge in [-0.25, -0.2) is 9.97 Å². The molecule has 0 spiro atoms. The second-order valence-electron chi connectivity index (χ2n) is 5.92.